The number of hydrogen-bond acceptors (Lipinski definition) is 2. The van der Waals surface area contributed by atoms with E-state index in [0.29, 0.717) is 16.9 Å². The molecule has 0 bridgehead atoms. The summed E-state index contributed by atoms with van der Waals surface area (Å²) in [5.74, 6) is -1.99. The summed E-state index contributed by atoms with van der Waals surface area (Å²) in [6, 6.07) is 14.5. The van der Waals surface area contributed by atoms with Crippen LogP contribution in [-0.2, 0) is 6.61 Å². The van der Waals surface area contributed by atoms with Crippen molar-refractivity contribution in [1.29, 1.82) is 0 Å². The Bertz CT molecular complexity index is 1010. The van der Waals surface area contributed by atoms with E-state index in [9.17, 15) is 13.2 Å². The Balaban J connectivity index is 1.71. The molecule has 2 nitrogen and oxygen atoms in total. The van der Waals surface area contributed by atoms with Gasteiger partial charge in [-0.1, -0.05) is 36.4 Å². The molecule has 0 aliphatic rings. The summed E-state index contributed by atoms with van der Waals surface area (Å²) in [7, 11) is 0. The Morgan fingerprint density at radius 1 is 0.862 bits per heavy atom. The summed E-state index contributed by atoms with van der Waals surface area (Å²) in [6.45, 7) is 4.01. The molecule has 0 spiro atoms. The Kier molecular flexibility index (Phi) is 6.60. The monoisotopic (exact) mass is 398 g/mol. The third-order valence-corrected chi connectivity index (χ3v) is 4.34. The zero-order valence-electron chi connectivity index (χ0n) is 16.2. The zero-order valence-corrected chi connectivity index (χ0v) is 16.2. The van der Waals surface area contributed by atoms with Gasteiger partial charge in [-0.05, 0) is 49.2 Å². The fraction of sp³-hybridized carbons (Fsp3) is 0.167. The van der Waals surface area contributed by atoms with Crippen molar-refractivity contribution < 1.29 is 22.6 Å². The topological polar surface area (TPSA) is 18.5 Å². The fourth-order valence-corrected chi connectivity index (χ4v) is 2.88. The van der Waals surface area contributed by atoms with Crippen molar-refractivity contribution in [2.75, 3.05) is 6.61 Å². The molecular weight excluding hydrogens is 377 g/mol. The summed E-state index contributed by atoms with van der Waals surface area (Å²) in [5.41, 5.74) is 2.00. The maximum atomic E-state index is 14.3. The molecule has 3 aromatic carbocycles. The second-order valence-electron chi connectivity index (χ2n) is 6.34. The van der Waals surface area contributed by atoms with Crippen molar-refractivity contribution in [3.63, 3.8) is 0 Å². The molecule has 150 valence electrons. The molecule has 0 N–H and O–H groups in total. The van der Waals surface area contributed by atoms with E-state index >= 15 is 0 Å². The molecule has 0 atom stereocenters. The van der Waals surface area contributed by atoms with Gasteiger partial charge in [-0.3, -0.25) is 0 Å². The highest BCUT2D eigenvalue weighted by molar-refractivity contribution is 5.65. The van der Waals surface area contributed by atoms with Crippen LogP contribution in [0.4, 0.5) is 13.2 Å². The van der Waals surface area contributed by atoms with Gasteiger partial charge in [0.25, 0.3) is 0 Å². The van der Waals surface area contributed by atoms with Crippen LogP contribution in [-0.4, -0.2) is 6.61 Å². The van der Waals surface area contributed by atoms with Gasteiger partial charge in [0.1, 0.15) is 18.2 Å². The smallest absolute Gasteiger partial charge is 0.201 e. The first kappa shape index (κ1) is 20.5. The van der Waals surface area contributed by atoms with Crippen LogP contribution in [0.1, 0.15) is 25.0 Å². The molecule has 0 aliphatic heterocycles. The minimum atomic E-state index is -1.000. The molecule has 3 rings (SSSR count). The van der Waals surface area contributed by atoms with Crippen LogP contribution >= 0.6 is 0 Å². The minimum Gasteiger partial charge on any atom is -0.491 e. The van der Waals surface area contributed by atoms with Gasteiger partial charge in [0.05, 0.1) is 6.61 Å². The fourth-order valence-electron chi connectivity index (χ4n) is 2.88. The van der Waals surface area contributed by atoms with Gasteiger partial charge in [0.15, 0.2) is 11.6 Å². The van der Waals surface area contributed by atoms with Crippen LogP contribution in [0.5, 0.6) is 11.5 Å². The van der Waals surface area contributed by atoms with Crippen LogP contribution in [0.3, 0.4) is 0 Å². The van der Waals surface area contributed by atoms with Gasteiger partial charge in [0, 0.05) is 17.2 Å². The van der Waals surface area contributed by atoms with Crippen molar-refractivity contribution in [3.05, 3.63) is 89.3 Å². The van der Waals surface area contributed by atoms with Crippen LogP contribution in [0.15, 0.2) is 60.7 Å². The van der Waals surface area contributed by atoms with E-state index in [-0.39, 0.29) is 30.3 Å². The van der Waals surface area contributed by atoms with Crippen molar-refractivity contribution in [3.8, 4) is 22.6 Å². The molecule has 0 aromatic heterocycles. The first-order valence-corrected chi connectivity index (χ1v) is 9.28. The second-order valence-corrected chi connectivity index (χ2v) is 6.34. The van der Waals surface area contributed by atoms with E-state index in [1.54, 1.807) is 55.5 Å². The van der Waals surface area contributed by atoms with Gasteiger partial charge in [-0.25, -0.2) is 8.78 Å². The average Bonchev–Trinajstić information content (AvgIpc) is 2.73. The Labute approximate surface area is 168 Å². The third kappa shape index (κ3) is 4.80. The first-order valence-electron chi connectivity index (χ1n) is 9.28. The third-order valence-electron chi connectivity index (χ3n) is 4.34. The lowest BCUT2D eigenvalue weighted by atomic mass is 10.0. The minimum absolute atomic E-state index is 0.105. The molecule has 0 saturated carbocycles. The molecular formula is C24H21F3O2. The second kappa shape index (κ2) is 9.32. The van der Waals surface area contributed by atoms with Crippen LogP contribution < -0.4 is 9.47 Å². The molecule has 0 unspecified atom stereocenters. The predicted octanol–water partition coefficient (Wildman–Crippen LogP) is 6.78. The highest BCUT2D eigenvalue weighted by atomic mass is 19.2. The van der Waals surface area contributed by atoms with Crippen molar-refractivity contribution in [2.24, 2.45) is 0 Å². The maximum Gasteiger partial charge on any atom is 0.201 e. The number of halogens is 3. The Hall–Kier alpha value is -3.21. The van der Waals surface area contributed by atoms with E-state index in [1.165, 1.54) is 18.2 Å². The lowest BCUT2D eigenvalue weighted by Gasteiger charge is -2.10. The normalized spacial score (nSPS) is 11.1. The van der Waals surface area contributed by atoms with Crippen LogP contribution in [0.2, 0.25) is 0 Å². The molecule has 0 radical (unpaired) electrons. The Morgan fingerprint density at radius 3 is 2.28 bits per heavy atom. The van der Waals surface area contributed by atoms with Gasteiger partial charge >= 0.3 is 0 Å². The first-order chi connectivity index (χ1) is 14.0. The summed E-state index contributed by atoms with van der Waals surface area (Å²) in [6.07, 6.45) is 3.44. The van der Waals surface area contributed by atoms with E-state index in [0.717, 1.165) is 5.56 Å². The SMILES string of the molecule is C/C=C/c1ccc(OCc2ccc(-c3ccc(OCC)c(F)c3F)cc2)cc1F. The number of ether oxygens (including phenoxy) is 2. The predicted molar refractivity (Wildman–Crippen MR) is 108 cm³/mol. The average molecular weight is 398 g/mol. The molecule has 0 aliphatic carbocycles. The molecule has 0 heterocycles. The lowest BCUT2D eigenvalue weighted by Crippen LogP contribution is -1.99. The molecule has 29 heavy (non-hydrogen) atoms. The van der Waals surface area contributed by atoms with Crippen LogP contribution in [0.25, 0.3) is 17.2 Å². The van der Waals surface area contributed by atoms with Gasteiger partial charge in [-0.15, -0.1) is 0 Å². The molecule has 0 fully saturated rings. The quantitative estimate of drug-likeness (QED) is 0.437. The van der Waals surface area contributed by atoms with Crippen molar-refractivity contribution >= 4 is 6.08 Å². The Morgan fingerprint density at radius 2 is 1.62 bits per heavy atom. The van der Waals surface area contributed by atoms with Gasteiger partial charge in [0.2, 0.25) is 5.82 Å². The number of hydrogen-bond donors (Lipinski definition) is 0. The maximum absolute atomic E-state index is 14.3. The highest BCUT2D eigenvalue weighted by Gasteiger charge is 2.15. The number of allylic oxidation sites excluding steroid dienone is 1. The van der Waals surface area contributed by atoms with E-state index in [1.807, 2.05) is 6.92 Å². The summed E-state index contributed by atoms with van der Waals surface area (Å²) < 4.78 is 53.1. The number of rotatable bonds is 7. The summed E-state index contributed by atoms with van der Waals surface area (Å²) in [4.78, 5) is 0. The largest absolute Gasteiger partial charge is 0.491 e. The lowest BCUT2D eigenvalue weighted by molar-refractivity contribution is 0.304. The van der Waals surface area contributed by atoms with Crippen LogP contribution in [0, 0.1) is 17.5 Å². The van der Waals surface area contributed by atoms with Crippen molar-refractivity contribution in [1.82, 2.24) is 0 Å². The van der Waals surface area contributed by atoms with Gasteiger partial charge < -0.3 is 9.47 Å². The highest BCUT2D eigenvalue weighted by Crippen LogP contribution is 2.30. The zero-order chi connectivity index (χ0) is 20.8. The molecule has 5 heteroatoms. The van der Waals surface area contributed by atoms with Gasteiger partial charge in [-0.2, -0.15) is 4.39 Å². The summed E-state index contributed by atoms with van der Waals surface area (Å²) >= 11 is 0. The standard InChI is InChI=1S/C24H21F3O2/c1-3-5-18-10-11-19(14-21(18)25)29-15-16-6-8-17(9-7-16)20-12-13-22(28-4-2)24(27)23(20)26/h3,5-14H,4,15H2,1-2H3/b5-3+. The molecule has 3 aromatic rings. The number of benzene rings is 3. The van der Waals surface area contributed by atoms with Crippen molar-refractivity contribution in [2.45, 2.75) is 20.5 Å². The molecule has 0 saturated heterocycles. The molecule has 0 amide bonds. The van der Waals surface area contributed by atoms with E-state index < -0.39 is 11.6 Å². The van der Waals surface area contributed by atoms with E-state index in [4.69, 9.17) is 9.47 Å². The summed E-state index contributed by atoms with van der Waals surface area (Å²) in [5, 5.41) is 0. The van der Waals surface area contributed by atoms with E-state index in [2.05, 4.69) is 0 Å².